The fraction of sp³-hybridized carbons (Fsp3) is 0.333. The maximum atomic E-state index is 13.0. The SMILES string of the molecule is Cn1ccnc1C(=O)N1CCC(Cc2noc(-c3ccc(F)cc3)n2)C1. The van der Waals surface area contributed by atoms with Crippen LogP contribution in [0.5, 0.6) is 0 Å². The quantitative estimate of drug-likeness (QED) is 0.718. The van der Waals surface area contributed by atoms with E-state index in [1.54, 1.807) is 29.1 Å². The first-order chi connectivity index (χ1) is 12.6. The zero-order valence-corrected chi connectivity index (χ0v) is 14.3. The average Bonchev–Trinajstić information content (AvgIpc) is 3.37. The van der Waals surface area contributed by atoms with E-state index in [2.05, 4.69) is 15.1 Å². The van der Waals surface area contributed by atoms with Crippen molar-refractivity contribution in [1.29, 1.82) is 0 Å². The fourth-order valence-electron chi connectivity index (χ4n) is 3.20. The Labute approximate surface area is 149 Å². The predicted molar refractivity (Wildman–Crippen MR) is 90.6 cm³/mol. The minimum atomic E-state index is -0.308. The van der Waals surface area contributed by atoms with Gasteiger partial charge in [0.05, 0.1) is 0 Å². The molecular weight excluding hydrogens is 337 g/mol. The molecule has 1 saturated heterocycles. The van der Waals surface area contributed by atoms with Crippen molar-refractivity contribution in [3.8, 4) is 11.5 Å². The van der Waals surface area contributed by atoms with E-state index in [9.17, 15) is 9.18 Å². The summed E-state index contributed by atoms with van der Waals surface area (Å²) in [6.45, 7) is 1.34. The van der Waals surface area contributed by atoms with Crippen molar-refractivity contribution in [2.45, 2.75) is 12.8 Å². The lowest BCUT2D eigenvalue weighted by Crippen LogP contribution is -2.31. The van der Waals surface area contributed by atoms with Gasteiger partial charge >= 0.3 is 0 Å². The number of aromatic nitrogens is 4. The summed E-state index contributed by atoms with van der Waals surface area (Å²) in [5.41, 5.74) is 0.683. The number of hydrogen-bond acceptors (Lipinski definition) is 5. The van der Waals surface area contributed by atoms with Gasteiger partial charge in [-0.3, -0.25) is 4.79 Å². The third kappa shape index (κ3) is 3.22. The van der Waals surface area contributed by atoms with E-state index in [1.165, 1.54) is 12.1 Å². The van der Waals surface area contributed by atoms with Crippen LogP contribution in [-0.4, -0.2) is 43.6 Å². The van der Waals surface area contributed by atoms with Gasteiger partial charge < -0.3 is 14.0 Å². The molecule has 0 saturated carbocycles. The molecule has 2 aromatic heterocycles. The Hall–Kier alpha value is -3.03. The minimum Gasteiger partial charge on any atom is -0.336 e. The monoisotopic (exact) mass is 355 g/mol. The second-order valence-electron chi connectivity index (χ2n) is 6.49. The van der Waals surface area contributed by atoms with E-state index in [0.29, 0.717) is 42.6 Å². The molecule has 3 heterocycles. The third-order valence-corrected chi connectivity index (χ3v) is 4.62. The van der Waals surface area contributed by atoms with Crippen LogP contribution in [0.2, 0.25) is 0 Å². The van der Waals surface area contributed by atoms with Crippen molar-refractivity contribution < 1.29 is 13.7 Å². The molecule has 1 atom stereocenters. The number of benzene rings is 1. The van der Waals surface area contributed by atoms with Crippen LogP contribution in [0.25, 0.3) is 11.5 Å². The molecule has 4 rings (SSSR count). The number of carbonyl (C=O) groups is 1. The highest BCUT2D eigenvalue weighted by Gasteiger charge is 2.29. The lowest BCUT2D eigenvalue weighted by Gasteiger charge is -2.15. The Kier molecular flexibility index (Phi) is 4.24. The van der Waals surface area contributed by atoms with Gasteiger partial charge in [-0.1, -0.05) is 5.16 Å². The zero-order valence-electron chi connectivity index (χ0n) is 14.3. The standard InChI is InChI=1S/C18H18FN5O2/c1-23-9-7-20-16(23)18(25)24-8-6-12(11-24)10-15-21-17(26-22-15)13-2-4-14(19)5-3-13/h2-5,7,9,12H,6,8,10-11H2,1H3. The van der Waals surface area contributed by atoms with Crippen LogP contribution in [0.4, 0.5) is 4.39 Å². The maximum absolute atomic E-state index is 13.0. The van der Waals surface area contributed by atoms with E-state index in [1.807, 2.05) is 11.9 Å². The van der Waals surface area contributed by atoms with Crippen LogP contribution in [0.15, 0.2) is 41.2 Å². The van der Waals surface area contributed by atoms with Gasteiger partial charge in [-0.25, -0.2) is 9.37 Å². The fourth-order valence-corrected chi connectivity index (χ4v) is 3.20. The zero-order chi connectivity index (χ0) is 18.1. The summed E-state index contributed by atoms with van der Waals surface area (Å²) in [5.74, 6) is 1.33. The molecule has 1 unspecified atom stereocenters. The van der Waals surface area contributed by atoms with Crippen molar-refractivity contribution in [2.75, 3.05) is 13.1 Å². The molecule has 1 aliphatic rings. The minimum absolute atomic E-state index is 0.0555. The molecule has 1 amide bonds. The van der Waals surface area contributed by atoms with E-state index in [-0.39, 0.29) is 17.6 Å². The Morgan fingerprint density at radius 1 is 1.35 bits per heavy atom. The van der Waals surface area contributed by atoms with Gasteiger partial charge in [0.15, 0.2) is 11.6 Å². The number of imidazole rings is 1. The highest BCUT2D eigenvalue weighted by Crippen LogP contribution is 2.23. The molecular formula is C18H18FN5O2. The van der Waals surface area contributed by atoms with Crippen LogP contribution in [0, 0.1) is 11.7 Å². The Balaban J connectivity index is 1.39. The predicted octanol–water partition coefficient (Wildman–Crippen LogP) is 2.31. The van der Waals surface area contributed by atoms with Crippen molar-refractivity contribution in [2.24, 2.45) is 13.0 Å². The lowest BCUT2D eigenvalue weighted by atomic mass is 10.1. The number of hydrogen-bond donors (Lipinski definition) is 0. The Morgan fingerprint density at radius 3 is 2.88 bits per heavy atom. The molecule has 26 heavy (non-hydrogen) atoms. The number of aryl methyl sites for hydroxylation is 1. The van der Waals surface area contributed by atoms with Gasteiger partial charge in [0.1, 0.15) is 5.82 Å². The maximum Gasteiger partial charge on any atom is 0.289 e. The number of halogens is 1. The Morgan fingerprint density at radius 2 is 2.15 bits per heavy atom. The molecule has 1 aromatic carbocycles. The molecule has 7 nitrogen and oxygen atoms in total. The van der Waals surface area contributed by atoms with Crippen LogP contribution >= 0.6 is 0 Å². The largest absolute Gasteiger partial charge is 0.336 e. The van der Waals surface area contributed by atoms with Gasteiger partial charge in [-0.15, -0.1) is 0 Å². The molecule has 0 N–H and O–H groups in total. The van der Waals surface area contributed by atoms with Gasteiger partial charge in [0, 0.05) is 44.5 Å². The van der Waals surface area contributed by atoms with Crippen LogP contribution in [0.3, 0.4) is 0 Å². The molecule has 0 spiro atoms. The van der Waals surface area contributed by atoms with Gasteiger partial charge in [0.25, 0.3) is 11.8 Å². The normalized spacial score (nSPS) is 17.0. The first-order valence-electron chi connectivity index (χ1n) is 8.45. The first-order valence-corrected chi connectivity index (χ1v) is 8.45. The number of rotatable bonds is 4. The number of likely N-dealkylation sites (tertiary alicyclic amines) is 1. The van der Waals surface area contributed by atoms with Crippen LogP contribution in [-0.2, 0) is 13.5 Å². The third-order valence-electron chi connectivity index (χ3n) is 4.62. The molecule has 3 aromatic rings. The van der Waals surface area contributed by atoms with Gasteiger partial charge in [0.2, 0.25) is 0 Å². The van der Waals surface area contributed by atoms with Crippen molar-refractivity contribution in [1.82, 2.24) is 24.6 Å². The highest BCUT2D eigenvalue weighted by molar-refractivity contribution is 5.91. The van der Waals surface area contributed by atoms with Gasteiger partial charge in [-0.2, -0.15) is 4.98 Å². The van der Waals surface area contributed by atoms with E-state index in [4.69, 9.17) is 4.52 Å². The smallest absolute Gasteiger partial charge is 0.289 e. The van der Waals surface area contributed by atoms with E-state index < -0.39 is 0 Å². The molecule has 1 aliphatic heterocycles. The van der Waals surface area contributed by atoms with Crippen molar-refractivity contribution in [3.05, 3.63) is 54.1 Å². The number of nitrogens with zero attached hydrogens (tertiary/aromatic N) is 5. The topological polar surface area (TPSA) is 77.0 Å². The highest BCUT2D eigenvalue weighted by atomic mass is 19.1. The van der Waals surface area contributed by atoms with Crippen molar-refractivity contribution in [3.63, 3.8) is 0 Å². The second kappa shape index (κ2) is 6.70. The van der Waals surface area contributed by atoms with E-state index >= 15 is 0 Å². The van der Waals surface area contributed by atoms with Crippen LogP contribution < -0.4 is 0 Å². The van der Waals surface area contributed by atoms with E-state index in [0.717, 1.165) is 6.42 Å². The molecule has 8 heteroatoms. The molecule has 134 valence electrons. The summed E-state index contributed by atoms with van der Waals surface area (Å²) < 4.78 is 20.0. The summed E-state index contributed by atoms with van der Waals surface area (Å²) in [4.78, 5) is 22.8. The summed E-state index contributed by atoms with van der Waals surface area (Å²) in [5, 5.41) is 4.01. The Bertz CT molecular complexity index is 918. The molecule has 0 radical (unpaired) electrons. The van der Waals surface area contributed by atoms with Crippen molar-refractivity contribution >= 4 is 5.91 Å². The molecule has 0 aliphatic carbocycles. The summed E-state index contributed by atoms with van der Waals surface area (Å²) >= 11 is 0. The summed E-state index contributed by atoms with van der Waals surface area (Å²) in [7, 11) is 1.81. The first kappa shape index (κ1) is 16.4. The van der Waals surface area contributed by atoms with Crippen LogP contribution in [0.1, 0.15) is 22.9 Å². The average molecular weight is 355 g/mol. The molecule has 1 fully saturated rings. The summed E-state index contributed by atoms with van der Waals surface area (Å²) in [6, 6.07) is 5.93. The number of amides is 1. The summed E-state index contributed by atoms with van der Waals surface area (Å²) in [6.07, 6.45) is 4.90. The lowest BCUT2D eigenvalue weighted by molar-refractivity contribution is 0.0771. The molecule has 0 bridgehead atoms. The number of carbonyl (C=O) groups excluding carboxylic acids is 1. The second-order valence-corrected chi connectivity index (χ2v) is 6.49. The van der Waals surface area contributed by atoms with Gasteiger partial charge in [-0.05, 0) is 36.6 Å².